The molecule has 1 aliphatic rings. The summed E-state index contributed by atoms with van der Waals surface area (Å²) in [5.74, 6) is 0.517. The Morgan fingerprint density at radius 3 is 2.54 bits per heavy atom. The van der Waals surface area contributed by atoms with Crippen molar-refractivity contribution in [3.8, 4) is 28.9 Å². The van der Waals surface area contributed by atoms with Crippen molar-refractivity contribution in [1.82, 2.24) is 14.2 Å². The minimum Gasteiger partial charge on any atom is -0.460 e. The summed E-state index contributed by atoms with van der Waals surface area (Å²) in [4.78, 5) is 4.11. The van der Waals surface area contributed by atoms with E-state index in [0.29, 0.717) is 17.1 Å². The van der Waals surface area contributed by atoms with Crippen LogP contribution in [0.2, 0.25) is 0 Å². The van der Waals surface area contributed by atoms with Crippen LogP contribution in [0.5, 0.6) is 17.5 Å². The Balaban J connectivity index is 1.86. The number of rotatable bonds is 5. The van der Waals surface area contributed by atoms with E-state index in [9.17, 15) is 12.8 Å². The summed E-state index contributed by atoms with van der Waals surface area (Å²) in [6, 6.07) is 9.29. The first kappa shape index (κ1) is 18.2. The van der Waals surface area contributed by atoms with Gasteiger partial charge in [-0.25, -0.2) is 4.39 Å². The zero-order valence-electron chi connectivity index (χ0n) is 15.0. The standard InChI is InChI=1S/C18H16FN3O5S/c1-11(2)27-18-20-17(12-3-8-15-16(9-12)26-10-25-15)22(21-18)28(23,24)14-6-4-13(19)5-7-14/h3-9,11H,10H2,1-2H3. The molecule has 0 bridgehead atoms. The van der Waals surface area contributed by atoms with E-state index in [-0.39, 0.29) is 29.6 Å². The van der Waals surface area contributed by atoms with Gasteiger partial charge >= 0.3 is 6.01 Å². The number of ether oxygens (including phenoxy) is 3. The van der Waals surface area contributed by atoms with Gasteiger partial charge in [0.25, 0.3) is 10.0 Å². The van der Waals surface area contributed by atoms with Gasteiger partial charge in [-0.15, -0.1) is 4.09 Å². The van der Waals surface area contributed by atoms with Crippen molar-refractivity contribution < 1.29 is 27.0 Å². The maximum absolute atomic E-state index is 13.2. The fourth-order valence-corrected chi connectivity index (χ4v) is 3.86. The van der Waals surface area contributed by atoms with Crippen molar-refractivity contribution in [3.05, 3.63) is 48.3 Å². The normalized spacial score (nSPS) is 13.1. The lowest BCUT2D eigenvalue weighted by molar-refractivity contribution is 0.174. The van der Waals surface area contributed by atoms with Crippen LogP contribution in [0, 0.1) is 5.82 Å². The average Bonchev–Trinajstić information content (AvgIpc) is 3.28. The Kier molecular flexibility index (Phi) is 4.42. The topological polar surface area (TPSA) is 92.5 Å². The highest BCUT2D eigenvalue weighted by Crippen LogP contribution is 2.36. The zero-order chi connectivity index (χ0) is 19.9. The Morgan fingerprint density at radius 1 is 1.11 bits per heavy atom. The second-order valence-corrected chi connectivity index (χ2v) is 8.02. The molecule has 2 heterocycles. The summed E-state index contributed by atoms with van der Waals surface area (Å²) in [5.41, 5.74) is 0.445. The molecule has 0 N–H and O–H groups in total. The molecular formula is C18H16FN3O5S. The second kappa shape index (κ2) is 6.79. The van der Waals surface area contributed by atoms with Gasteiger partial charge in [-0.3, -0.25) is 0 Å². The van der Waals surface area contributed by atoms with Crippen molar-refractivity contribution in [1.29, 1.82) is 0 Å². The van der Waals surface area contributed by atoms with Crippen molar-refractivity contribution in [2.75, 3.05) is 6.79 Å². The number of halogens is 1. The lowest BCUT2D eigenvalue weighted by Crippen LogP contribution is -2.16. The molecule has 0 saturated heterocycles. The fraction of sp³-hybridized carbons (Fsp3) is 0.222. The van der Waals surface area contributed by atoms with Gasteiger partial charge in [0.2, 0.25) is 6.79 Å². The summed E-state index contributed by atoms with van der Waals surface area (Å²) in [5, 5.41) is 4.02. The zero-order valence-corrected chi connectivity index (χ0v) is 15.8. The van der Waals surface area contributed by atoms with Crippen LogP contribution in [-0.2, 0) is 10.0 Å². The highest BCUT2D eigenvalue weighted by molar-refractivity contribution is 7.90. The minimum absolute atomic E-state index is 0.0401. The maximum atomic E-state index is 13.2. The van der Waals surface area contributed by atoms with E-state index in [4.69, 9.17) is 14.2 Å². The van der Waals surface area contributed by atoms with Crippen molar-refractivity contribution in [3.63, 3.8) is 0 Å². The number of hydrogen-bond acceptors (Lipinski definition) is 7. The van der Waals surface area contributed by atoms with Gasteiger partial charge in [0, 0.05) is 5.56 Å². The molecule has 4 rings (SSSR count). The number of aromatic nitrogens is 3. The highest BCUT2D eigenvalue weighted by Gasteiger charge is 2.27. The van der Waals surface area contributed by atoms with E-state index in [2.05, 4.69) is 10.1 Å². The molecule has 0 spiro atoms. The van der Waals surface area contributed by atoms with Crippen LogP contribution < -0.4 is 14.2 Å². The number of benzene rings is 2. The van der Waals surface area contributed by atoms with Gasteiger partial charge in [0.05, 0.1) is 11.0 Å². The first-order valence-corrected chi connectivity index (χ1v) is 9.83. The molecule has 3 aromatic rings. The molecule has 0 radical (unpaired) electrons. The molecule has 10 heteroatoms. The van der Waals surface area contributed by atoms with Crippen LogP contribution in [0.1, 0.15) is 13.8 Å². The molecule has 0 aliphatic carbocycles. The summed E-state index contributed by atoms with van der Waals surface area (Å²) in [6.45, 7) is 3.63. The van der Waals surface area contributed by atoms with E-state index in [1.165, 1.54) is 12.1 Å². The van der Waals surface area contributed by atoms with Crippen molar-refractivity contribution in [2.24, 2.45) is 0 Å². The Bertz CT molecular complexity index is 1130. The molecule has 0 unspecified atom stereocenters. The van der Waals surface area contributed by atoms with Crippen LogP contribution in [0.3, 0.4) is 0 Å². The second-order valence-electron chi connectivity index (χ2n) is 6.25. The predicted octanol–water partition coefficient (Wildman–Crippen LogP) is 2.84. The van der Waals surface area contributed by atoms with E-state index >= 15 is 0 Å². The Labute approximate surface area is 160 Å². The fourth-order valence-electron chi connectivity index (χ4n) is 2.63. The summed E-state index contributed by atoms with van der Waals surface area (Å²) < 4.78 is 56.3. The van der Waals surface area contributed by atoms with E-state index in [1.54, 1.807) is 32.0 Å². The summed E-state index contributed by atoms with van der Waals surface area (Å²) >= 11 is 0. The third-order valence-corrected chi connectivity index (χ3v) is 5.45. The molecule has 0 atom stereocenters. The molecule has 1 aromatic heterocycles. The van der Waals surface area contributed by atoms with Gasteiger partial charge in [0.1, 0.15) is 5.82 Å². The number of hydrogen-bond donors (Lipinski definition) is 0. The average molecular weight is 405 g/mol. The van der Waals surface area contributed by atoms with Crippen LogP contribution in [-0.4, -0.2) is 35.5 Å². The Hall–Kier alpha value is -3.14. The van der Waals surface area contributed by atoms with E-state index in [0.717, 1.165) is 16.2 Å². The largest absolute Gasteiger partial charge is 0.460 e. The first-order valence-electron chi connectivity index (χ1n) is 8.39. The number of nitrogens with zero attached hydrogens (tertiary/aromatic N) is 3. The first-order chi connectivity index (χ1) is 13.3. The molecule has 0 saturated carbocycles. The molecule has 1 aliphatic heterocycles. The predicted molar refractivity (Wildman–Crippen MR) is 96.3 cm³/mol. The Morgan fingerprint density at radius 2 is 1.82 bits per heavy atom. The molecular weight excluding hydrogens is 389 g/mol. The van der Waals surface area contributed by atoms with E-state index in [1.807, 2.05) is 0 Å². The third-order valence-electron chi connectivity index (χ3n) is 3.87. The molecule has 146 valence electrons. The smallest absolute Gasteiger partial charge is 0.337 e. The van der Waals surface area contributed by atoms with Crippen molar-refractivity contribution in [2.45, 2.75) is 24.8 Å². The minimum atomic E-state index is -4.14. The summed E-state index contributed by atoms with van der Waals surface area (Å²) in [7, 11) is -4.14. The van der Waals surface area contributed by atoms with Crippen molar-refractivity contribution >= 4 is 10.0 Å². The number of fused-ring (bicyclic) bond motifs is 1. The monoisotopic (exact) mass is 405 g/mol. The third kappa shape index (κ3) is 3.26. The van der Waals surface area contributed by atoms with Crippen LogP contribution in [0.4, 0.5) is 4.39 Å². The molecule has 8 nitrogen and oxygen atoms in total. The van der Waals surface area contributed by atoms with Gasteiger partial charge in [0.15, 0.2) is 17.3 Å². The quantitative estimate of drug-likeness (QED) is 0.644. The van der Waals surface area contributed by atoms with Gasteiger partial charge < -0.3 is 14.2 Å². The van der Waals surface area contributed by atoms with Crippen LogP contribution >= 0.6 is 0 Å². The summed E-state index contributed by atoms with van der Waals surface area (Å²) in [6.07, 6.45) is -0.256. The van der Waals surface area contributed by atoms with E-state index < -0.39 is 15.8 Å². The molecule has 0 amide bonds. The lowest BCUT2D eigenvalue weighted by Gasteiger charge is -2.08. The van der Waals surface area contributed by atoms with Gasteiger partial charge in [-0.1, -0.05) is 5.10 Å². The highest BCUT2D eigenvalue weighted by atomic mass is 32.2. The van der Waals surface area contributed by atoms with Crippen LogP contribution in [0.25, 0.3) is 11.4 Å². The van der Waals surface area contributed by atoms with Gasteiger partial charge in [-0.05, 0) is 56.3 Å². The van der Waals surface area contributed by atoms with Crippen LogP contribution in [0.15, 0.2) is 47.4 Å². The van der Waals surface area contributed by atoms with Gasteiger partial charge in [-0.2, -0.15) is 13.4 Å². The SMILES string of the molecule is CC(C)Oc1nc(-c2ccc3c(c2)OCO3)n(S(=O)(=O)c2ccc(F)cc2)n1. The molecule has 28 heavy (non-hydrogen) atoms. The maximum Gasteiger partial charge on any atom is 0.337 e. The molecule has 2 aromatic carbocycles. The molecule has 0 fully saturated rings. The lowest BCUT2D eigenvalue weighted by atomic mass is 10.2.